The maximum atomic E-state index is 12.7. The predicted molar refractivity (Wildman–Crippen MR) is 96.2 cm³/mol. The van der Waals surface area contributed by atoms with E-state index in [2.05, 4.69) is 5.32 Å². The molecule has 1 N–H and O–H groups in total. The van der Waals surface area contributed by atoms with Crippen molar-refractivity contribution in [2.45, 2.75) is 24.6 Å². The fourth-order valence-electron chi connectivity index (χ4n) is 4.08. The van der Waals surface area contributed by atoms with Gasteiger partial charge in [-0.2, -0.15) is 0 Å². The van der Waals surface area contributed by atoms with E-state index in [9.17, 15) is 18.0 Å². The van der Waals surface area contributed by atoms with Crippen LogP contribution in [0.4, 0.5) is 0 Å². The number of likely N-dealkylation sites (tertiary alicyclic amines) is 1. The third kappa shape index (κ3) is 2.93. The minimum absolute atomic E-state index is 0.0130. The second-order valence-electron chi connectivity index (χ2n) is 7.30. The highest BCUT2D eigenvalue weighted by Gasteiger charge is 2.64. The molecule has 3 aliphatic rings. The van der Waals surface area contributed by atoms with Crippen LogP contribution in [0.3, 0.4) is 0 Å². The highest BCUT2D eigenvalue weighted by Crippen LogP contribution is 2.44. The van der Waals surface area contributed by atoms with Crippen molar-refractivity contribution >= 4 is 21.7 Å². The Kier molecular flexibility index (Phi) is 4.29. The SMILES string of the molecule is CC(=O)N1CC2(C1)C(C(=O)NCc1ccc3c(c1)OCCO3)CCS2(=O)=O. The van der Waals surface area contributed by atoms with Crippen molar-refractivity contribution in [3.8, 4) is 11.5 Å². The minimum Gasteiger partial charge on any atom is -0.486 e. The van der Waals surface area contributed by atoms with Gasteiger partial charge >= 0.3 is 0 Å². The van der Waals surface area contributed by atoms with Gasteiger partial charge in [0.25, 0.3) is 0 Å². The first-order valence-electron chi connectivity index (χ1n) is 8.96. The molecule has 1 atom stereocenters. The van der Waals surface area contributed by atoms with Gasteiger partial charge in [-0.05, 0) is 24.1 Å². The number of hydrogen-bond donors (Lipinski definition) is 1. The Morgan fingerprint density at radius 2 is 1.93 bits per heavy atom. The van der Waals surface area contributed by atoms with E-state index in [0.29, 0.717) is 31.1 Å². The zero-order valence-corrected chi connectivity index (χ0v) is 15.9. The fourth-order valence-corrected chi connectivity index (χ4v) is 6.39. The number of nitrogens with zero attached hydrogens (tertiary/aromatic N) is 1. The fraction of sp³-hybridized carbons (Fsp3) is 0.556. The van der Waals surface area contributed by atoms with Gasteiger partial charge in [-0.25, -0.2) is 8.42 Å². The number of benzene rings is 1. The van der Waals surface area contributed by atoms with Gasteiger partial charge < -0.3 is 19.7 Å². The Balaban J connectivity index is 1.44. The van der Waals surface area contributed by atoms with E-state index in [0.717, 1.165) is 5.56 Å². The van der Waals surface area contributed by atoms with Crippen LogP contribution in [0.25, 0.3) is 0 Å². The van der Waals surface area contributed by atoms with Crippen molar-refractivity contribution in [2.24, 2.45) is 5.92 Å². The Morgan fingerprint density at radius 1 is 1.22 bits per heavy atom. The van der Waals surface area contributed by atoms with Crippen LogP contribution in [0.2, 0.25) is 0 Å². The van der Waals surface area contributed by atoms with Gasteiger partial charge in [-0.3, -0.25) is 9.59 Å². The van der Waals surface area contributed by atoms with Crippen molar-refractivity contribution in [1.82, 2.24) is 10.2 Å². The largest absolute Gasteiger partial charge is 0.486 e. The van der Waals surface area contributed by atoms with Crippen LogP contribution in [-0.4, -0.2) is 61.9 Å². The van der Waals surface area contributed by atoms with E-state index in [-0.39, 0.29) is 37.2 Å². The number of hydrogen-bond acceptors (Lipinski definition) is 6. The van der Waals surface area contributed by atoms with Crippen LogP contribution < -0.4 is 14.8 Å². The molecule has 1 aromatic rings. The van der Waals surface area contributed by atoms with Crippen molar-refractivity contribution < 1.29 is 27.5 Å². The summed E-state index contributed by atoms with van der Waals surface area (Å²) in [5, 5.41) is 2.85. The molecule has 0 radical (unpaired) electrons. The number of rotatable bonds is 3. The van der Waals surface area contributed by atoms with Crippen molar-refractivity contribution in [1.29, 1.82) is 0 Å². The molecular formula is C18H22N2O6S. The summed E-state index contributed by atoms with van der Waals surface area (Å²) >= 11 is 0. The summed E-state index contributed by atoms with van der Waals surface area (Å²) in [5.41, 5.74) is 0.849. The van der Waals surface area contributed by atoms with Gasteiger partial charge in [0.15, 0.2) is 21.3 Å². The predicted octanol–water partition coefficient (Wildman–Crippen LogP) is 0.110. The van der Waals surface area contributed by atoms with Crippen LogP contribution in [-0.2, 0) is 26.0 Å². The third-order valence-corrected chi connectivity index (χ3v) is 8.24. The van der Waals surface area contributed by atoms with E-state index in [4.69, 9.17) is 9.47 Å². The molecule has 0 aliphatic carbocycles. The number of ether oxygens (including phenoxy) is 2. The Labute approximate surface area is 157 Å². The maximum Gasteiger partial charge on any atom is 0.225 e. The quantitative estimate of drug-likeness (QED) is 0.781. The van der Waals surface area contributed by atoms with E-state index in [1.54, 1.807) is 6.07 Å². The average molecular weight is 394 g/mol. The van der Waals surface area contributed by atoms with Gasteiger partial charge in [0.05, 0.1) is 11.7 Å². The molecule has 3 heterocycles. The summed E-state index contributed by atoms with van der Waals surface area (Å²) < 4.78 is 35.0. The van der Waals surface area contributed by atoms with Crippen molar-refractivity contribution in [2.75, 3.05) is 32.1 Å². The molecule has 1 spiro atoms. The van der Waals surface area contributed by atoms with Crippen LogP contribution in [0, 0.1) is 5.92 Å². The zero-order valence-electron chi connectivity index (χ0n) is 15.1. The summed E-state index contributed by atoms with van der Waals surface area (Å²) in [7, 11) is -3.40. The van der Waals surface area contributed by atoms with E-state index >= 15 is 0 Å². The Bertz CT molecular complexity index is 891. The summed E-state index contributed by atoms with van der Waals surface area (Å²) in [5.74, 6) is 0.225. The van der Waals surface area contributed by atoms with E-state index < -0.39 is 20.5 Å². The Hall–Kier alpha value is -2.29. The molecule has 27 heavy (non-hydrogen) atoms. The highest BCUT2D eigenvalue weighted by molar-refractivity contribution is 7.93. The average Bonchev–Trinajstić information content (AvgIpc) is 2.89. The van der Waals surface area contributed by atoms with Gasteiger partial charge in [0, 0.05) is 26.6 Å². The molecule has 0 saturated carbocycles. The molecule has 9 heteroatoms. The van der Waals surface area contributed by atoms with Crippen molar-refractivity contribution in [3.05, 3.63) is 23.8 Å². The number of sulfone groups is 1. The molecule has 1 unspecified atom stereocenters. The molecule has 2 amide bonds. The first-order chi connectivity index (χ1) is 12.8. The molecule has 0 bridgehead atoms. The zero-order chi connectivity index (χ0) is 19.2. The first-order valence-corrected chi connectivity index (χ1v) is 10.6. The standard InChI is InChI=1S/C18H22N2O6S/c1-12(21)20-10-18(11-20)14(4-7-27(18,23)24)17(22)19-9-13-2-3-15-16(8-13)26-6-5-25-15/h2-3,8,14H,4-7,9-11H2,1H3,(H,19,22). The Morgan fingerprint density at radius 3 is 2.63 bits per heavy atom. The molecule has 4 rings (SSSR count). The lowest BCUT2D eigenvalue weighted by Gasteiger charge is -2.49. The number of amides is 2. The second kappa shape index (κ2) is 6.40. The third-order valence-electron chi connectivity index (χ3n) is 5.68. The normalized spacial score (nSPS) is 24.3. The molecule has 0 aromatic heterocycles. The van der Waals surface area contributed by atoms with Gasteiger partial charge in [0.2, 0.25) is 11.8 Å². The van der Waals surface area contributed by atoms with Crippen molar-refractivity contribution in [3.63, 3.8) is 0 Å². The van der Waals surface area contributed by atoms with Gasteiger partial charge in [-0.15, -0.1) is 0 Å². The lowest BCUT2D eigenvalue weighted by atomic mass is 9.82. The molecule has 3 aliphatic heterocycles. The molecule has 1 aromatic carbocycles. The first kappa shape index (κ1) is 18.1. The van der Waals surface area contributed by atoms with Crippen LogP contribution in [0.5, 0.6) is 11.5 Å². The topological polar surface area (TPSA) is 102 Å². The minimum atomic E-state index is -3.40. The summed E-state index contributed by atoms with van der Waals surface area (Å²) in [6.07, 6.45) is 0.293. The molecule has 8 nitrogen and oxygen atoms in total. The molecule has 2 fully saturated rings. The molecule has 2 saturated heterocycles. The number of fused-ring (bicyclic) bond motifs is 1. The van der Waals surface area contributed by atoms with Crippen LogP contribution in [0.1, 0.15) is 18.9 Å². The van der Waals surface area contributed by atoms with E-state index in [1.165, 1.54) is 11.8 Å². The highest BCUT2D eigenvalue weighted by atomic mass is 32.2. The summed E-state index contributed by atoms with van der Waals surface area (Å²) in [6.45, 7) is 2.89. The summed E-state index contributed by atoms with van der Waals surface area (Å²) in [6, 6.07) is 5.46. The lowest BCUT2D eigenvalue weighted by Crippen LogP contribution is -2.69. The number of carbonyl (C=O) groups is 2. The van der Waals surface area contributed by atoms with Crippen LogP contribution >= 0.6 is 0 Å². The molecular weight excluding hydrogens is 372 g/mol. The van der Waals surface area contributed by atoms with Gasteiger partial charge in [0.1, 0.15) is 18.0 Å². The van der Waals surface area contributed by atoms with E-state index in [1.807, 2.05) is 12.1 Å². The smallest absolute Gasteiger partial charge is 0.225 e. The number of carbonyl (C=O) groups excluding carboxylic acids is 2. The monoisotopic (exact) mass is 394 g/mol. The molecule has 146 valence electrons. The maximum absolute atomic E-state index is 12.7. The second-order valence-corrected chi connectivity index (χ2v) is 9.75. The lowest BCUT2D eigenvalue weighted by molar-refractivity contribution is -0.138. The van der Waals surface area contributed by atoms with Gasteiger partial charge in [-0.1, -0.05) is 6.07 Å². The summed E-state index contributed by atoms with van der Waals surface area (Å²) in [4.78, 5) is 25.7. The number of nitrogens with one attached hydrogen (secondary N) is 1. The van der Waals surface area contributed by atoms with Crippen LogP contribution in [0.15, 0.2) is 18.2 Å².